The number of benzene rings is 1. The van der Waals surface area contributed by atoms with E-state index in [2.05, 4.69) is 73.6 Å². The van der Waals surface area contributed by atoms with E-state index in [0.717, 1.165) is 19.0 Å². The van der Waals surface area contributed by atoms with Crippen molar-refractivity contribution in [3.05, 3.63) is 55.1 Å². The Morgan fingerprint density at radius 1 is 1.20 bits per heavy atom. The molecule has 0 spiro atoms. The third kappa shape index (κ3) is 4.17. The second kappa shape index (κ2) is 6.73. The van der Waals surface area contributed by atoms with Crippen molar-refractivity contribution in [1.82, 2.24) is 5.32 Å². The Labute approximate surface area is 141 Å². The SMILES string of the molecule is Brc1cccc(C(CNC2CC2)Cc2ccc(Br)s2)c1. The Hall–Kier alpha value is -0.160. The molecule has 0 bridgehead atoms. The van der Waals surface area contributed by atoms with Crippen LogP contribution in [0.3, 0.4) is 0 Å². The van der Waals surface area contributed by atoms with Crippen LogP contribution in [-0.2, 0) is 6.42 Å². The fourth-order valence-corrected chi connectivity index (χ4v) is 4.35. The van der Waals surface area contributed by atoms with Gasteiger partial charge in [0.05, 0.1) is 3.79 Å². The second-order valence-electron chi connectivity index (χ2n) is 5.34. The van der Waals surface area contributed by atoms with Gasteiger partial charge in [0, 0.05) is 27.9 Å². The Kier molecular flexibility index (Phi) is 4.97. The van der Waals surface area contributed by atoms with Gasteiger partial charge in [0.1, 0.15) is 0 Å². The molecule has 1 nitrogen and oxygen atoms in total. The van der Waals surface area contributed by atoms with Crippen LogP contribution in [0.4, 0.5) is 0 Å². The molecule has 20 heavy (non-hydrogen) atoms. The lowest BCUT2D eigenvalue weighted by atomic mass is 9.95. The highest BCUT2D eigenvalue weighted by Crippen LogP contribution is 2.30. The van der Waals surface area contributed by atoms with Gasteiger partial charge in [-0.2, -0.15) is 0 Å². The number of thiophene rings is 1. The summed E-state index contributed by atoms with van der Waals surface area (Å²) in [5.41, 5.74) is 1.41. The van der Waals surface area contributed by atoms with Crippen molar-refractivity contribution in [2.75, 3.05) is 6.54 Å². The van der Waals surface area contributed by atoms with E-state index in [1.165, 1.54) is 31.5 Å². The maximum Gasteiger partial charge on any atom is 0.0701 e. The summed E-state index contributed by atoms with van der Waals surface area (Å²) in [5, 5.41) is 3.68. The van der Waals surface area contributed by atoms with Crippen LogP contribution in [-0.4, -0.2) is 12.6 Å². The lowest BCUT2D eigenvalue weighted by molar-refractivity contribution is 0.580. The summed E-state index contributed by atoms with van der Waals surface area (Å²) in [5.74, 6) is 0.540. The first-order valence-electron chi connectivity index (χ1n) is 6.94. The van der Waals surface area contributed by atoms with Crippen LogP contribution < -0.4 is 5.32 Å². The second-order valence-corrected chi connectivity index (χ2v) is 8.81. The van der Waals surface area contributed by atoms with Crippen molar-refractivity contribution in [3.8, 4) is 0 Å². The fraction of sp³-hybridized carbons (Fsp3) is 0.375. The topological polar surface area (TPSA) is 12.0 Å². The average molecular weight is 415 g/mol. The molecule has 1 aliphatic carbocycles. The van der Waals surface area contributed by atoms with Crippen molar-refractivity contribution < 1.29 is 0 Å². The Balaban J connectivity index is 1.74. The van der Waals surface area contributed by atoms with Gasteiger partial charge < -0.3 is 5.32 Å². The molecular weight excluding hydrogens is 398 g/mol. The smallest absolute Gasteiger partial charge is 0.0701 e. The highest BCUT2D eigenvalue weighted by atomic mass is 79.9. The molecule has 1 atom stereocenters. The molecule has 0 aliphatic heterocycles. The van der Waals surface area contributed by atoms with E-state index < -0.39 is 0 Å². The molecule has 1 fully saturated rings. The van der Waals surface area contributed by atoms with Crippen LogP contribution in [0.1, 0.15) is 29.2 Å². The van der Waals surface area contributed by atoms with Gasteiger partial charge in [-0.1, -0.05) is 28.1 Å². The Morgan fingerprint density at radius 2 is 2.05 bits per heavy atom. The minimum atomic E-state index is 0.540. The number of nitrogens with one attached hydrogen (secondary N) is 1. The van der Waals surface area contributed by atoms with E-state index >= 15 is 0 Å². The molecule has 1 unspecified atom stereocenters. The Bertz CT molecular complexity index is 577. The van der Waals surface area contributed by atoms with Crippen molar-refractivity contribution >= 4 is 43.2 Å². The molecule has 1 aromatic carbocycles. The molecule has 0 saturated heterocycles. The third-order valence-electron chi connectivity index (χ3n) is 3.63. The third-order valence-corrected chi connectivity index (χ3v) is 5.77. The summed E-state index contributed by atoms with van der Waals surface area (Å²) >= 11 is 8.99. The first kappa shape index (κ1) is 14.8. The van der Waals surface area contributed by atoms with E-state index in [1.807, 2.05) is 11.3 Å². The number of rotatable bonds is 6. The number of hydrogen-bond donors (Lipinski definition) is 1. The van der Waals surface area contributed by atoms with Crippen molar-refractivity contribution in [2.24, 2.45) is 0 Å². The molecule has 3 rings (SSSR count). The van der Waals surface area contributed by atoms with Gasteiger partial charge in [0.25, 0.3) is 0 Å². The summed E-state index contributed by atoms with van der Waals surface area (Å²) in [7, 11) is 0. The molecule has 1 aromatic heterocycles. The molecular formula is C16H17Br2NS. The van der Waals surface area contributed by atoms with Gasteiger partial charge in [0.15, 0.2) is 0 Å². The minimum absolute atomic E-state index is 0.540. The monoisotopic (exact) mass is 413 g/mol. The Morgan fingerprint density at radius 3 is 2.70 bits per heavy atom. The maximum atomic E-state index is 3.68. The summed E-state index contributed by atoms with van der Waals surface area (Å²) in [6.45, 7) is 1.07. The summed E-state index contributed by atoms with van der Waals surface area (Å²) in [6.07, 6.45) is 3.79. The first-order valence-corrected chi connectivity index (χ1v) is 9.34. The lowest BCUT2D eigenvalue weighted by Crippen LogP contribution is -2.24. The van der Waals surface area contributed by atoms with Crippen molar-refractivity contribution in [1.29, 1.82) is 0 Å². The summed E-state index contributed by atoms with van der Waals surface area (Å²) < 4.78 is 2.38. The lowest BCUT2D eigenvalue weighted by Gasteiger charge is -2.18. The average Bonchev–Trinajstić information content (AvgIpc) is 3.17. The molecule has 1 saturated carbocycles. The molecule has 1 heterocycles. The first-order chi connectivity index (χ1) is 9.70. The zero-order valence-corrected chi connectivity index (χ0v) is 15.1. The van der Waals surface area contributed by atoms with E-state index in [9.17, 15) is 0 Å². The predicted molar refractivity (Wildman–Crippen MR) is 93.6 cm³/mol. The standard InChI is InChI=1S/C16H17Br2NS/c17-13-3-1-2-11(8-13)12(10-19-14-4-5-14)9-15-6-7-16(18)20-15/h1-3,6-8,12,14,19H,4-5,9-10H2. The predicted octanol–water partition coefficient (Wildman–Crippen LogP) is 5.35. The van der Waals surface area contributed by atoms with Gasteiger partial charge in [-0.25, -0.2) is 0 Å². The van der Waals surface area contributed by atoms with E-state index in [1.54, 1.807) is 0 Å². The summed E-state index contributed by atoms with van der Waals surface area (Å²) in [6, 6.07) is 13.9. The van der Waals surface area contributed by atoms with Gasteiger partial charge in [-0.05, 0) is 65.0 Å². The van der Waals surface area contributed by atoms with Gasteiger partial charge in [-0.3, -0.25) is 0 Å². The normalized spacial score (nSPS) is 16.3. The van der Waals surface area contributed by atoms with Crippen molar-refractivity contribution in [3.63, 3.8) is 0 Å². The highest BCUT2D eigenvalue weighted by molar-refractivity contribution is 9.11. The van der Waals surface area contributed by atoms with E-state index in [4.69, 9.17) is 0 Å². The number of hydrogen-bond acceptors (Lipinski definition) is 2. The van der Waals surface area contributed by atoms with Crippen LogP contribution >= 0.6 is 43.2 Å². The van der Waals surface area contributed by atoms with Crippen LogP contribution in [0, 0.1) is 0 Å². The largest absolute Gasteiger partial charge is 0.313 e. The maximum absolute atomic E-state index is 3.68. The quantitative estimate of drug-likeness (QED) is 0.671. The van der Waals surface area contributed by atoms with Crippen molar-refractivity contribution in [2.45, 2.75) is 31.2 Å². The van der Waals surface area contributed by atoms with Crippen LogP contribution in [0.25, 0.3) is 0 Å². The van der Waals surface area contributed by atoms with E-state index in [0.29, 0.717) is 5.92 Å². The zero-order valence-electron chi connectivity index (χ0n) is 11.1. The van der Waals surface area contributed by atoms with Gasteiger partial charge in [0.2, 0.25) is 0 Å². The van der Waals surface area contributed by atoms with Crippen LogP contribution in [0.15, 0.2) is 44.7 Å². The molecule has 1 aliphatic rings. The van der Waals surface area contributed by atoms with E-state index in [-0.39, 0.29) is 0 Å². The van der Waals surface area contributed by atoms with Crippen LogP contribution in [0.2, 0.25) is 0 Å². The molecule has 0 amide bonds. The van der Waals surface area contributed by atoms with Crippen LogP contribution in [0.5, 0.6) is 0 Å². The fourth-order valence-electron chi connectivity index (χ4n) is 2.37. The molecule has 0 radical (unpaired) electrons. The highest BCUT2D eigenvalue weighted by Gasteiger charge is 2.23. The molecule has 106 valence electrons. The molecule has 1 N–H and O–H groups in total. The summed E-state index contributed by atoms with van der Waals surface area (Å²) in [4.78, 5) is 1.44. The van der Waals surface area contributed by atoms with Gasteiger partial charge >= 0.3 is 0 Å². The number of halogens is 2. The van der Waals surface area contributed by atoms with Gasteiger partial charge in [-0.15, -0.1) is 11.3 Å². The molecule has 4 heteroatoms. The minimum Gasteiger partial charge on any atom is -0.313 e. The molecule has 2 aromatic rings. The zero-order chi connectivity index (χ0) is 13.9.